The molecule has 1 aromatic carbocycles. The van der Waals surface area contributed by atoms with E-state index < -0.39 is 11.5 Å². The van der Waals surface area contributed by atoms with Crippen molar-refractivity contribution >= 4 is 35.1 Å². The number of benzene rings is 1. The van der Waals surface area contributed by atoms with Gasteiger partial charge in [0.25, 0.3) is 5.91 Å². The number of anilines is 1. The molecule has 1 saturated carbocycles. The Kier molecular flexibility index (Phi) is 6.93. The maximum Gasteiger partial charge on any atom is 0.328 e. The third kappa shape index (κ3) is 5.12. The second-order valence-electron chi connectivity index (χ2n) is 8.92. The van der Waals surface area contributed by atoms with Gasteiger partial charge in [-0.1, -0.05) is 23.7 Å². The molecule has 1 fully saturated rings. The number of aromatic nitrogens is 2. The van der Waals surface area contributed by atoms with Crippen LogP contribution in [-0.2, 0) is 16.6 Å². The molecule has 0 saturated heterocycles. The van der Waals surface area contributed by atoms with Gasteiger partial charge in [-0.15, -0.1) is 0 Å². The highest BCUT2D eigenvalue weighted by molar-refractivity contribution is 6.34. The SMILES string of the molecule is Cc1nn(C)c(C(=O)Nc2ccc([C@H]3CC[C@H](C(=O)NC(C)(C)C(=O)O)CC3)cc2)c1Cl. The molecule has 1 heterocycles. The summed E-state index contributed by atoms with van der Waals surface area (Å²) in [5.74, 6) is -1.41. The summed E-state index contributed by atoms with van der Waals surface area (Å²) >= 11 is 6.19. The van der Waals surface area contributed by atoms with Gasteiger partial charge in [0, 0.05) is 18.7 Å². The van der Waals surface area contributed by atoms with E-state index in [4.69, 9.17) is 11.6 Å². The predicted molar refractivity (Wildman–Crippen MR) is 122 cm³/mol. The van der Waals surface area contributed by atoms with E-state index in [1.165, 1.54) is 18.5 Å². The summed E-state index contributed by atoms with van der Waals surface area (Å²) in [6.45, 7) is 4.73. The number of hydrogen-bond donors (Lipinski definition) is 3. The maximum absolute atomic E-state index is 12.6. The minimum absolute atomic E-state index is 0.171. The van der Waals surface area contributed by atoms with Crippen molar-refractivity contribution in [2.45, 2.75) is 57.9 Å². The third-order valence-corrected chi connectivity index (χ3v) is 6.53. The van der Waals surface area contributed by atoms with Gasteiger partial charge in [0.2, 0.25) is 5.91 Å². The Morgan fingerprint density at radius 3 is 2.22 bits per heavy atom. The van der Waals surface area contributed by atoms with Gasteiger partial charge in [0.05, 0.1) is 10.7 Å². The molecular formula is C23H29ClN4O4. The molecule has 172 valence electrons. The number of aryl methyl sites for hydroxylation is 2. The molecule has 8 nitrogen and oxygen atoms in total. The minimum atomic E-state index is -1.27. The first-order chi connectivity index (χ1) is 15.0. The monoisotopic (exact) mass is 460 g/mol. The lowest BCUT2D eigenvalue weighted by Gasteiger charge is -2.30. The van der Waals surface area contributed by atoms with Crippen molar-refractivity contribution < 1.29 is 19.5 Å². The van der Waals surface area contributed by atoms with Crippen LogP contribution in [0.4, 0.5) is 5.69 Å². The molecule has 2 amide bonds. The van der Waals surface area contributed by atoms with Crippen molar-refractivity contribution in [2.24, 2.45) is 13.0 Å². The Morgan fingerprint density at radius 1 is 1.12 bits per heavy atom. The Balaban J connectivity index is 1.56. The lowest BCUT2D eigenvalue weighted by atomic mass is 9.78. The quantitative estimate of drug-likeness (QED) is 0.605. The molecule has 0 spiro atoms. The average Bonchev–Trinajstić information content (AvgIpc) is 2.99. The lowest BCUT2D eigenvalue weighted by Crippen LogP contribution is -2.51. The van der Waals surface area contributed by atoms with Gasteiger partial charge in [0.1, 0.15) is 11.2 Å². The van der Waals surface area contributed by atoms with Crippen LogP contribution in [0.5, 0.6) is 0 Å². The Bertz CT molecular complexity index is 1020. The summed E-state index contributed by atoms with van der Waals surface area (Å²) in [7, 11) is 1.68. The van der Waals surface area contributed by atoms with Crippen LogP contribution in [0.25, 0.3) is 0 Å². The molecule has 2 aromatic rings. The van der Waals surface area contributed by atoms with Crippen LogP contribution < -0.4 is 10.6 Å². The van der Waals surface area contributed by atoms with E-state index in [-0.39, 0.29) is 17.7 Å². The normalized spacial score (nSPS) is 18.8. The number of carboxylic acid groups (broad SMARTS) is 1. The van der Waals surface area contributed by atoms with Crippen molar-refractivity contribution in [1.82, 2.24) is 15.1 Å². The first-order valence-corrected chi connectivity index (χ1v) is 11.0. The molecule has 1 aliphatic rings. The first kappa shape index (κ1) is 23.8. The van der Waals surface area contributed by atoms with E-state index in [1.54, 1.807) is 14.0 Å². The number of amides is 2. The number of carbonyl (C=O) groups excluding carboxylic acids is 2. The van der Waals surface area contributed by atoms with E-state index in [2.05, 4.69) is 15.7 Å². The van der Waals surface area contributed by atoms with Crippen LogP contribution >= 0.6 is 11.6 Å². The fourth-order valence-corrected chi connectivity index (χ4v) is 4.31. The molecule has 1 aromatic heterocycles. The van der Waals surface area contributed by atoms with E-state index in [9.17, 15) is 19.5 Å². The summed E-state index contributed by atoms with van der Waals surface area (Å²) in [6.07, 6.45) is 3.12. The summed E-state index contributed by atoms with van der Waals surface area (Å²) in [5.41, 5.74) is 1.47. The van der Waals surface area contributed by atoms with E-state index in [0.717, 1.165) is 18.4 Å². The molecule has 0 unspecified atom stereocenters. The van der Waals surface area contributed by atoms with E-state index >= 15 is 0 Å². The van der Waals surface area contributed by atoms with Crippen molar-refractivity contribution in [3.63, 3.8) is 0 Å². The fourth-order valence-electron chi connectivity index (χ4n) is 4.06. The lowest BCUT2D eigenvalue weighted by molar-refractivity contribution is -0.146. The Hall–Kier alpha value is -2.87. The molecule has 1 aliphatic carbocycles. The van der Waals surface area contributed by atoms with Crippen molar-refractivity contribution in [3.05, 3.63) is 46.2 Å². The largest absolute Gasteiger partial charge is 0.480 e. The standard InChI is InChI=1S/C23H29ClN4O4/c1-13-18(24)19(28(4)27-13)21(30)25-17-11-9-15(10-12-17)14-5-7-16(8-6-14)20(29)26-23(2,3)22(31)32/h9-12,14,16H,5-8H2,1-4H3,(H,25,30)(H,26,29)(H,31,32)/t14-,16-. The number of nitrogens with zero attached hydrogens (tertiary/aromatic N) is 2. The number of halogens is 1. The van der Waals surface area contributed by atoms with Crippen molar-refractivity contribution in [3.8, 4) is 0 Å². The number of hydrogen-bond acceptors (Lipinski definition) is 4. The predicted octanol–water partition coefficient (Wildman–Crippen LogP) is 3.89. The smallest absolute Gasteiger partial charge is 0.328 e. The molecule has 3 N–H and O–H groups in total. The fraction of sp³-hybridized carbons (Fsp3) is 0.478. The number of aliphatic carboxylic acids is 1. The maximum atomic E-state index is 12.6. The van der Waals surface area contributed by atoms with Crippen LogP contribution in [0.15, 0.2) is 24.3 Å². The molecule has 0 radical (unpaired) electrons. The zero-order valence-corrected chi connectivity index (χ0v) is 19.5. The van der Waals surface area contributed by atoms with Gasteiger partial charge in [-0.05, 0) is 70.1 Å². The van der Waals surface area contributed by atoms with Crippen LogP contribution in [-0.4, -0.2) is 38.2 Å². The van der Waals surface area contributed by atoms with Gasteiger partial charge in [-0.25, -0.2) is 4.79 Å². The van der Waals surface area contributed by atoms with Gasteiger partial charge < -0.3 is 15.7 Å². The molecule has 9 heteroatoms. The number of carboxylic acids is 1. The highest BCUT2D eigenvalue weighted by Crippen LogP contribution is 2.36. The second kappa shape index (κ2) is 9.32. The van der Waals surface area contributed by atoms with Crippen molar-refractivity contribution in [1.29, 1.82) is 0 Å². The summed E-state index contributed by atoms with van der Waals surface area (Å²) in [4.78, 5) is 36.2. The van der Waals surface area contributed by atoms with E-state index in [0.29, 0.717) is 40.9 Å². The summed E-state index contributed by atoms with van der Waals surface area (Å²) < 4.78 is 1.47. The molecular weight excluding hydrogens is 432 g/mol. The number of carbonyl (C=O) groups is 3. The van der Waals surface area contributed by atoms with Crippen LogP contribution in [0.3, 0.4) is 0 Å². The highest BCUT2D eigenvalue weighted by atomic mass is 35.5. The molecule has 0 bridgehead atoms. The average molecular weight is 461 g/mol. The highest BCUT2D eigenvalue weighted by Gasteiger charge is 2.34. The van der Waals surface area contributed by atoms with Crippen LogP contribution in [0, 0.1) is 12.8 Å². The van der Waals surface area contributed by atoms with Gasteiger partial charge in [-0.2, -0.15) is 5.10 Å². The molecule has 0 aliphatic heterocycles. The van der Waals surface area contributed by atoms with Gasteiger partial charge >= 0.3 is 5.97 Å². The second-order valence-corrected chi connectivity index (χ2v) is 9.29. The Morgan fingerprint density at radius 2 is 1.72 bits per heavy atom. The van der Waals surface area contributed by atoms with Gasteiger partial charge in [0.15, 0.2) is 0 Å². The zero-order valence-electron chi connectivity index (χ0n) is 18.7. The summed E-state index contributed by atoms with van der Waals surface area (Å²) in [6, 6.07) is 7.70. The Labute approximate surface area is 192 Å². The summed E-state index contributed by atoms with van der Waals surface area (Å²) in [5, 5.41) is 19.2. The topological polar surface area (TPSA) is 113 Å². The third-order valence-electron chi connectivity index (χ3n) is 6.07. The van der Waals surface area contributed by atoms with E-state index in [1.807, 2.05) is 24.3 Å². The van der Waals surface area contributed by atoms with Crippen LogP contribution in [0.2, 0.25) is 5.02 Å². The zero-order chi connectivity index (χ0) is 23.6. The molecule has 32 heavy (non-hydrogen) atoms. The van der Waals surface area contributed by atoms with Gasteiger partial charge in [-0.3, -0.25) is 14.3 Å². The van der Waals surface area contributed by atoms with Crippen LogP contribution in [0.1, 0.15) is 67.2 Å². The molecule has 3 rings (SSSR count). The van der Waals surface area contributed by atoms with Crippen molar-refractivity contribution in [2.75, 3.05) is 5.32 Å². The first-order valence-electron chi connectivity index (χ1n) is 10.7. The molecule has 0 atom stereocenters. The minimum Gasteiger partial charge on any atom is -0.480 e. The number of rotatable bonds is 6. The number of nitrogens with one attached hydrogen (secondary N) is 2.